The van der Waals surface area contributed by atoms with E-state index in [-0.39, 0.29) is 35.0 Å². The minimum Gasteiger partial charge on any atom is -0.507 e. The van der Waals surface area contributed by atoms with E-state index in [4.69, 9.17) is 16.3 Å². The summed E-state index contributed by atoms with van der Waals surface area (Å²) in [7, 11) is 0. The van der Waals surface area contributed by atoms with Crippen molar-refractivity contribution in [1.29, 1.82) is 0 Å². The van der Waals surface area contributed by atoms with Crippen LogP contribution in [0.25, 0.3) is 5.76 Å². The van der Waals surface area contributed by atoms with Crippen LogP contribution in [0, 0.1) is 10.1 Å². The second-order valence-corrected chi connectivity index (χ2v) is 7.85. The molecular formula is C22H19ClN2O6. The first-order valence-electron chi connectivity index (χ1n) is 9.77. The highest BCUT2D eigenvalue weighted by molar-refractivity contribution is 6.46. The quantitative estimate of drug-likeness (QED) is 0.247. The van der Waals surface area contributed by atoms with Crippen LogP contribution in [-0.4, -0.2) is 45.9 Å². The van der Waals surface area contributed by atoms with Crippen molar-refractivity contribution in [2.24, 2.45) is 0 Å². The molecule has 0 radical (unpaired) electrons. The Morgan fingerprint density at radius 1 is 1.19 bits per heavy atom. The number of likely N-dealkylation sites (tertiary alicyclic amines) is 1. The average Bonchev–Trinajstić information content (AvgIpc) is 3.36. The summed E-state index contributed by atoms with van der Waals surface area (Å²) < 4.78 is 5.62. The molecule has 1 N–H and O–H groups in total. The zero-order chi connectivity index (χ0) is 22.1. The first kappa shape index (κ1) is 21.0. The Labute approximate surface area is 182 Å². The van der Waals surface area contributed by atoms with E-state index in [1.165, 1.54) is 35.2 Å². The molecule has 0 bridgehead atoms. The van der Waals surface area contributed by atoms with Crippen molar-refractivity contribution in [2.75, 3.05) is 13.2 Å². The molecule has 2 aromatic carbocycles. The average molecular weight is 443 g/mol. The first-order valence-corrected chi connectivity index (χ1v) is 10.2. The number of nitro benzene ring substituents is 1. The molecule has 1 amide bonds. The number of carbonyl (C=O) groups is 2. The fourth-order valence-corrected chi connectivity index (χ4v) is 4.17. The number of nitro groups is 1. The standard InChI is InChI=1S/C22H19ClN2O6/c23-14-9-7-13(8-10-14)20(26)18-19(16-5-1-2-6-17(16)25(29)30)24(22(28)21(18)27)12-15-4-3-11-31-15/h1-2,5-10,15,19,26H,3-4,11-12H2/b20-18+/t15-,19+/m1/s1. The Morgan fingerprint density at radius 3 is 2.55 bits per heavy atom. The number of para-hydroxylation sites is 1. The molecule has 160 valence electrons. The van der Waals surface area contributed by atoms with Crippen molar-refractivity contribution in [3.8, 4) is 0 Å². The summed E-state index contributed by atoms with van der Waals surface area (Å²) >= 11 is 5.91. The van der Waals surface area contributed by atoms with E-state index in [1.54, 1.807) is 18.2 Å². The SMILES string of the molecule is O=C1C(=O)N(C[C@H]2CCCO2)[C@@H](c2ccccc2[N+](=O)[O-])/C1=C(\O)c1ccc(Cl)cc1. The first-order chi connectivity index (χ1) is 14.9. The molecule has 2 heterocycles. The molecule has 2 aliphatic rings. The summed E-state index contributed by atoms with van der Waals surface area (Å²) in [6.07, 6.45) is 1.26. The molecule has 8 nitrogen and oxygen atoms in total. The molecule has 0 spiro atoms. The predicted molar refractivity (Wildman–Crippen MR) is 113 cm³/mol. The Hall–Kier alpha value is -3.23. The lowest BCUT2D eigenvalue weighted by Gasteiger charge is -2.27. The lowest BCUT2D eigenvalue weighted by Crippen LogP contribution is -2.36. The highest BCUT2D eigenvalue weighted by atomic mass is 35.5. The highest BCUT2D eigenvalue weighted by Gasteiger charge is 2.48. The second kappa shape index (κ2) is 8.49. The molecule has 2 fully saturated rings. The highest BCUT2D eigenvalue weighted by Crippen LogP contribution is 2.43. The van der Waals surface area contributed by atoms with Crippen molar-refractivity contribution in [3.05, 3.63) is 80.4 Å². The van der Waals surface area contributed by atoms with Crippen LogP contribution in [-0.2, 0) is 14.3 Å². The van der Waals surface area contributed by atoms with E-state index < -0.39 is 28.4 Å². The van der Waals surface area contributed by atoms with Gasteiger partial charge in [-0.25, -0.2) is 0 Å². The number of nitrogens with zero attached hydrogens (tertiary/aromatic N) is 2. The molecule has 9 heteroatoms. The van der Waals surface area contributed by atoms with Gasteiger partial charge in [-0.15, -0.1) is 0 Å². The number of benzene rings is 2. The van der Waals surface area contributed by atoms with Crippen LogP contribution in [0.4, 0.5) is 5.69 Å². The Bertz CT molecular complexity index is 1080. The number of halogens is 1. The van der Waals surface area contributed by atoms with Gasteiger partial charge in [-0.3, -0.25) is 19.7 Å². The smallest absolute Gasteiger partial charge is 0.295 e. The van der Waals surface area contributed by atoms with Crippen LogP contribution < -0.4 is 0 Å². The van der Waals surface area contributed by atoms with Gasteiger partial charge < -0.3 is 14.7 Å². The third kappa shape index (κ3) is 3.92. The van der Waals surface area contributed by atoms with Gasteiger partial charge in [0.1, 0.15) is 5.76 Å². The van der Waals surface area contributed by atoms with Gasteiger partial charge in [0, 0.05) is 29.8 Å². The van der Waals surface area contributed by atoms with Crippen molar-refractivity contribution in [3.63, 3.8) is 0 Å². The van der Waals surface area contributed by atoms with Gasteiger partial charge in [0.25, 0.3) is 17.4 Å². The summed E-state index contributed by atoms with van der Waals surface area (Å²) in [5.74, 6) is -2.13. The van der Waals surface area contributed by atoms with Crippen molar-refractivity contribution in [1.82, 2.24) is 4.90 Å². The van der Waals surface area contributed by atoms with Crippen LogP contribution in [0.2, 0.25) is 5.02 Å². The number of aliphatic hydroxyl groups excluding tert-OH is 1. The van der Waals surface area contributed by atoms with Crippen LogP contribution in [0.1, 0.15) is 30.0 Å². The number of carbonyl (C=O) groups excluding carboxylic acids is 2. The maximum atomic E-state index is 13.0. The Kier molecular flexibility index (Phi) is 5.75. The topological polar surface area (TPSA) is 110 Å². The molecule has 31 heavy (non-hydrogen) atoms. The number of amides is 1. The largest absolute Gasteiger partial charge is 0.507 e. The molecule has 2 aliphatic heterocycles. The van der Waals surface area contributed by atoms with E-state index in [1.807, 2.05) is 0 Å². The van der Waals surface area contributed by atoms with Crippen LogP contribution in [0.3, 0.4) is 0 Å². The number of ether oxygens (including phenoxy) is 1. The minimum absolute atomic E-state index is 0.0959. The fraction of sp³-hybridized carbons (Fsp3) is 0.273. The molecule has 0 aromatic heterocycles. The fourth-order valence-electron chi connectivity index (χ4n) is 4.05. The molecule has 2 atom stereocenters. The van der Waals surface area contributed by atoms with Gasteiger partial charge in [-0.1, -0.05) is 23.7 Å². The van der Waals surface area contributed by atoms with Gasteiger partial charge in [-0.05, 0) is 43.2 Å². The van der Waals surface area contributed by atoms with Gasteiger partial charge >= 0.3 is 0 Å². The lowest BCUT2D eigenvalue weighted by atomic mass is 9.94. The minimum atomic E-state index is -1.11. The van der Waals surface area contributed by atoms with E-state index in [0.717, 1.165) is 6.42 Å². The van der Waals surface area contributed by atoms with E-state index >= 15 is 0 Å². The molecule has 0 unspecified atom stereocenters. The number of rotatable bonds is 5. The van der Waals surface area contributed by atoms with Gasteiger partial charge in [0.15, 0.2) is 0 Å². The van der Waals surface area contributed by atoms with Crippen LogP contribution in [0.5, 0.6) is 0 Å². The summed E-state index contributed by atoms with van der Waals surface area (Å²) in [6, 6.07) is 10.9. The van der Waals surface area contributed by atoms with Crippen LogP contribution in [0.15, 0.2) is 54.1 Å². The summed E-state index contributed by atoms with van der Waals surface area (Å²) in [4.78, 5) is 38.3. The summed E-state index contributed by atoms with van der Waals surface area (Å²) in [6.45, 7) is 0.647. The Balaban J connectivity index is 1.89. The van der Waals surface area contributed by atoms with Crippen molar-refractivity contribution >= 4 is 34.7 Å². The van der Waals surface area contributed by atoms with E-state index in [0.29, 0.717) is 18.1 Å². The van der Waals surface area contributed by atoms with Crippen LogP contribution >= 0.6 is 11.6 Å². The second-order valence-electron chi connectivity index (χ2n) is 7.41. The van der Waals surface area contributed by atoms with Gasteiger partial charge in [0.05, 0.1) is 28.2 Å². The van der Waals surface area contributed by atoms with E-state index in [9.17, 15) is 24.8 Å². The number of Topliss-reactive ketones (excluding diaryl/α,β-unsaturated/α-hetero) is 1. The van der Waals surface area contributed by atoms with Crippen molar-refractivity contribution in [2.45, 2.75) is 25.0 Å². The number of hydrogen-bond acceptors (Lipinski definition) is 6. The normalized spacial score (nSPS) is 22.8. The molecule has 4 rings (SSSR count). The zero-order valence-electron chi connectivity index (χ0n) is 16.4. The third-order valence-electron chi connectivity index (χ3n) is 5.51. The summed E-state index contributed by atoms with van der Waals surface area (Å²) in [5.41, 5.74) is -0.00308. The number of aliphatic hydroxyl groups is 1. The number of ketones is 1. The molecule has 2 aromatic rings. The zero-order valence-corrected chi connectivity index (χ0v) is 17.1. The third-order valence-corrected chi connectivity index (χ3v) is 5.76. The molecule has 2 saturated heterocycles. The Morgan fingerprint density at radius 2 is 1.90 bits per heavy atom. The lowest BCUT2D eigenvalue weighted by molar-refractivity contribution is -0.385. The monoisotopic (exact) mass is 442 g/mol. The molecule has 0 aliphatic carbocycles. The van der Waals surface area contributed by atoms with Crippen molar-refractivity contribution < 1.29 is 24.4 Å². The number of hydrogen-bond donors (Lipinski definition) is 1. The molecule has 0 saturated carbocycles. The maximum Gasteiger partial charge on any atom is 0.295 e. The van der Waals surface area contributed by atoms with Gasteiger partial charge in [0.2, 0.25) is 0 Å². The summed E-state index contributed by atoms with van der Waals surface area (Å²) in [5, 5.41) is 23.1. The molecular weight excluding hydrogens is 424 g/mol. The van der Waals surface area contributed by atoms with Gasteiger partial charge in [-0.2, -0.15) is 0 Å². The maximum absolute atomic E-state index is 13.0. The predicted octanol–water partition coefficient (Wildman–Crippen LogP) is 3.85. The van der Waals surface area contributed by atoms with E-state index in [2.05, 4.69) is 0 Å².